The van der Waals surface area contributed by atoms with E-state index in [9.17, 15) is 9.59 Å². The van der Waals surface area contributed by atoms with E-state index in [1.807, 2.05) is 4.90 Å². The first-order valence-corrected chi connectivity index (χ1v) is 7.33. The van der Waals surface area contributed by atoms with Crippen LogP contribution in [-0.2, 0) is 9.59 Å². The second-order valence-electron chi connectivity index (χ2n) is 5.42. The molecule has 0 aromatic carbocycles. The molecule has 6 heteroatoms. The largest absolute Gasteiger partial charge is 0.392 e. The van der Waals surface area contributed by atoms with Crippen molar-refractivity contribution in [1.29, 1.82) is 0 Å². The zero-order chi connectivity index (χ0) is 13.9. The van der Waals surface area contributed by atoms with Crippen LogP contribution in [0.3, 0.4) is 0 Å². The first-order chi connectivity index (χ1) is 9.06. The van der Waals surface area contributed by atoms with Crippen LogP contribution < -0.4 is 11.1 Å². The van der Waals surface area contributed by atoms with Gasteiger partial charge >= 0.3 is 0 Å². The minimum atomic E-state index is -0.697. The van der Waals surface area contributed by atoms with Gasteiger partial charge in [-0.05, 0) is 32.1 Å². The molecule has 1 saturated carbocycles. The zero-order valence-corrected chi connectivity index (χ0v) is 11.9. The molecule has 0 radical (unpaired) electrons. The lowest BCUT2D eigenvalue weighted by atomic mass is 9.68. The molecule has 0 spiro atoms. The second-order valence-corrected chi connectivity index (χ2v) is 5.86. The first-order valence-electron chi connectivity index (χ1n) is 6.92. The van der Waals surface area contributed by atoms with Gasteiger partial charge < -0.3 is 16.0 Å². The number of hydrogen-bond donors (Lipinski definition) is 2. The van der Waals surface area contributed by atoms with Crippen LogP contribution >= 0.6 is 12.2 Å². The van der Waals surface area contributed by atoms with Gasteiger partial charge in [-0.2, -0.15) is 0 Å². The molecular formula is C13H21N3O2S. The number of carbonyl (C=O) groups is 2. The summed E-state index contributed by atoms with van der Waals surface area (Å²) >= 11 is 4.98. The van der Waals surface area contributed by atoms with Gasteiger partial charge in [-0.1, -0.05) is 18.6 Å². The smallest absolute Gasteiger partial charge is 0.241 e. The van der Waals surface area contributed by atoms with E-state index in [4.69, 9.17) is 18.0 Å². The molecule has 5 nitrogen and oxygen atoms in total. The van der Waals surface area contributed by atoms with E-state index >= 15 is 0 Å². The number of nitrogens with two attached hydrogens (primary N) is 1. The minimum absolute atomic E-state index is 0.00883. The molecule has 1 heterocycles. The number of amides is 2. The van der Waals surface area contributed by atoms with Gasteiger partial charge in [0.05, 0.1) is 16.9 Å². The van der Waals surface area contributed by atoms with Crippen LogP contribution in [0.1, 0.15) is 38.5 Å². The van der Waals surface area contributed by atoms with Gasteiger partial charge in [0.1, 0.15) is 0 Å². The van der Waals surface area contributed by atoms with E-state index in [0.717, 1.165) is 32.4 Å². The van der Waals surface area contributed by atoms with E-state index in [2.05, 4.69) is 5.32 Å². The number of thiocarbonyl (C=S) groups is 1. The average molecular weight is 283 g/mol. The van der Waals surface area contributed by atoms with Crippen LogP contribution in [0, 0.1) is 5.41 Å². The molecule has 2 rings (SSSR count). The van der Waals surface area contributed by atoms with E-state index in [-0.39, 0.29) is 23.3 Å². The van der Waals surface area contributed by atoms with Crippen LogP contribution in [0.15, 0.2) is 0 Å². The predicted molar refractivity (Wildman–Crippen MR) is 76.5 cm³/mol. The summed E-state index contributed by atoms with van der Waals surface area (Å²) in [5.41, 5.74) is 4.96. The van der Waals surface area contributed by atoms with Crippen molar-refractivity contribution in [3.8, 4) is 0 Å². The molecule has 2 fully saturated rings. The summed E-state index contributed by atoms with van der Waals surface area (Å²) in [6.07, 6.45) is 5.65. The highest BCUT2D eigenvalue weighted by Crippen LogP contribution is 2.41. The molecule has 1 aliphatic heterocycles. The molecule has 1 saturated heterocycles. The Kier molecular flexibility index (Phi) is 4.39. The highest BCUT2D eigenvalue weighted by atomic mass is 32.1. The maximum Gasteiger partial charge on any atom is 0.241 e. The Hall–Kier alpha value is -1.17. The van der Waals surface area contributed by atoms with Crippen molar-refractivity contribution in [2.45, 2.75) is 38.5 Å². The lowest BCUT2D eigenvalue weighted by Crippen LogP contribution is -2.54. The van der Waals surface area contributed by atoms with Crippen molar-refractivity contribution >= 4 is 29.0 Å². The van der Waals surface area contributed by atoms with Crippen LogP contribution in [-0.4, -0.2) is 41.3 Å². The molecule has 0 bridgehead atoms. The quantitative estimate of drug-likeness (QED) is 0.740. The lowest BCUT2D eigenvalue weighted by Gasteiger charge is -2.39. The normalized spacial score (nSPS) is 21.4. The molecular weight excluding hydrogens is 262 g/mol. The number of nitrogens with zero attached hydrogens (tertiary/aromatic N) is 1. The fourth-order valence-electron chi connectivity index (χ4n) is 2.70. The van der Waals surface area contributed by atoms with Crippen LogP contribution in [0.4, 0.5) is 0 Å². The summed E-state index contributed by atoms with van der Waals surface area (Å²) in [6, 6.07) is 0. The summed E-state index contributed by atoms with van der Waals surface area (Å²) in [7, 11) is 0. The van der Waals surface area contributed by atoms with Crippen molar-refractivity contribution in [3.63, 3.8) is 0 Å². The summed E-state index contributed by atoms with van der Waals surface area (Å²) in [5, 5.41) is 2.71. The van der Waals surface area contributed by atoms with E-state index in [1.165, 1.54) is 6.42 Å². The Bertz CT molecular complexity index is 387. The topological polar surface area (TPSA) is 75.4 Å². The molecule has 2 amide bonds. The molecule has 2 aliphatic rings. The highest BCUT2D eigenvalue weighted by molar-refractivity contribution is 7.80. The van der Waals surface area contributed by atoms with Crippen molar-refractivity contribution in [1.82, 2.24) is 10.2 Å². The molecule has 0 unspecified atom stereocenters. The lowest BCUT2D eigenvalue weighted by molar-refractivity contribution is -0.136. The number of carbonyl (C=O) groups excluding carboxylic acids is 2. The predicted octanol–water partition coefficient (Wildman–Crippen LogP) is 0.571. The Balaban J connectivity index is 1.83. The van der Waals surface area contributed by atoms with Crippen LogP contribution in [0.25, 0.3) is 0 Å². The van der Waals surface area contributed by atoms with Gasteiger partial charge in [-0.25, -0.2) is 0 Å². The molecule has 3 N–H and O–H groups in total. The van der Waals surface area contributed by atoms with Gasteiger partial charge in [-0.3, -0.25) is 9.59 Å². The van der Waals surface area contributed by atoms with Gasteiger partial charge in [0, 0.05) is 13.1 Å². The zero-order valence-electron chi connectivity index (χ0n) is 11.1. The summed E-state index contributed by atoms with van der Waals surface area (Å²) < 4.78 is 0. The van der Waals surface area contributed by atoms with Crippen molar-refractivity contribution in [2.24, 2.45) is 11.1 Å². The third kappa shape index (κ3) is 2.88. The number of likely N-dealkylation sites (tertiary alicyclic amines) is 1. The van der Waals surface area contributed by atoms with E-state index < -0.39 is 5.41 Å². The summed E-state index contributed by atoms with van der Waals surface area (Å²) in [6.45, 7) is 1.66. The van der Waals surface area contributed by atoms with E-state index in [0.29, 0.717) is 12.8 Å². The van der Waals surface area contributed by atoms with Crippen molar-refractivity contribution in [2.75, 3.05) is 19.6 Å². The van der Waals surface area contributed by atoms with Crippen molar-refractivity contribution < 1.29 is 9.59 Å². The number of rotatable bonds is 4. The molecule has 0 atom stereocenters. The molecule has 19 heavy (non-hydrogen) atoms. The average Bonchev–Trinajstić information content (AvgIpc) is 2.35. The first kappa shape index (κ1) is 14.2. The molecule has 106 valence electrons. The third-order valence-electron chi connectivity index (χ3n) is 4.22. The summed E-state index contributed by atoms with van der Waals surface area (Å²) in [4.78, 5) is 26.1. The van der Waals surface area contributed by atoms with E-state index in [1.54, 1.807) is 0 Å². The highest BCUT2D eigenvalue weighted by Gasteiger charge is 2.46. The number of nitrogens with one attached hydrogen (secondary N) is 1. The fourth-order valence-corrected chi connectivity index (χ4v) is 2.99. The second kappa shape index (κ2) is 5.86. The van der Waals surface area contributed by atoms with Gasteiger partial charge in [0.15, 0.2) is 0 Å². The Labute approximate surface area is 118 Å². The molecule has 1 aliphatic carbocycles. The Morgan fingerprint density at radius 3 is 2.26 bits per heavy atom. The van der Waals surface area contributed by atoms with Gasteiger partial charge in [0.25, 0.3) is 0 Å². The van der Waals surface area contributed by atoms with Gasteiger partial charge in [-0.15, -0.1) is 0 Å². The van der Waals surface area contributed by atoms with Crippen molar-refractivity contribution in [3.05, 3.63) is 0 Å². The Morgan fingerprint density at radius 1 is 1.16 bits per heavy atom. The monoisotopic (exact) mass is 283 g/mol. The third-order valence-corrected chi connectivity index (χ3v) is 4.61. The standard InChI is InChI=1S/C13H21N3O2S/c14-11(19)13(5-4-6-13)12(18)15-9-10(17)16-7-2-1-3-8-16/h1-9H2,(H2,14,19)(H,15,18). The minimum Gasteiger partial charge on any atom is -0.392 e. The van der Waals surface area contributed by atoms with Gasteiger partial charge in [0.2, 0.25) is 11.8 Å². The van der Waals surface area contributed by atoms with Crippen LogP contribution in [0.2, 0.25) is 0 Å². The fraction of sp³-hybridized carbons (Fsp3) is 0.769. The molecule has 0 aromatic heterocycles. The molecule has 0 aromatic rings. The maximum absolute atomic E-state index is 12.1. The van der Waals surface area contributed by atoms with Crippen LogP contribution in [0.5, 0.6) is 0 Å². The SMILES string of the molecule is NC(=S)C1(C(=O)NCC(=O)N2CCCCC2)CCC1. The number of hydrogen-bond acceptors (Lipinski definition) is 3. The maximum atomic E-state index is 12.1. The summed E-state index contributed by atoms with van der Waals surface area (Å²) in [5.74, 6) is -0.193. The Morgan fingerprint density at radius 2 is 1.79 bits per heavy atom. The number of piperidine rings is 1.